The molecule has 246 valence electrons. The number of hydrogen-bond donors (Lipinski definition) is 0. The predicted molar refractivity (Wildman–Crippen MR) is 174 cm³/mol. The van der Waals surface area contributed by atoms with Crippen molar-refractivity contribution in [1.82, 2.24) is 4.90 Å². The van der Waals surface area contributed by atoms with Gasteiger partial charge in [0, 0.05) is 18.6 Å². The summed E-state index contributed by atoms with van der Waals surface area (Å²) in [4.78, 5) is 66.1. The quantitative estimate of drug-likeness (QED) is 0.0912. The van der Waals surface area contributed by atoms with E-state index in [0.29, 0.717) is 11.8 Å². The molecule has 0 bridgehead atoms. The summed E-state index contributed by atoms with van der Waals surface area (Å²) < 4.78 is 12.1. The minimum atomic E-state index is -1.10. The Kier molecular flexibility index (Phi) is 10.5. The number of hydrogen-bond acceptors (Lipinski definition) is 8. The third-order valence-electron chi connectivity index (χ3n) is 9.32. The SMILES string of the molecule is CC(C)[C@@H]1CC[C@@H](C)C[C@H]1OC(=O)CC[C@H](OC(=O)c1ccc([N+](=O)[O-])cc1)[C@H](Cc1ccccc1)N1C(=O)c2ccccc2C1=O. The lowest BCUT2D eigenvalue weighted by atomic mass is 9.75. The second kappa shape index (κ2) is 14.7. The van der Waals surface area contributed by atoms with Gasteiger partial charge in [-0.25, -0.2) is 4.79 Å². The Balaban J connectivity index is 1.45. The molecule has 1 heterocycles. The maximum Gasteiger partial charge on any atom is 0.338 e. The van der Waals surface area contributed by atoms with E-state index in [9.17, 15) is 29.3 Å². The van der Waals surface area contributed by atoms with E-state index < -0.39 is 40.8 Å². The molecular formula is C37H40N2O8. The number of rotatable bonds is 12. The van der Waals surface area contributed by atoms with E-state index in [1.807, 2.05) is 30.3 Å². The van der Waals surface area contributed by atoms with Gasteiger partial charge in [0.25, 0.3) is 17.5 Å². The molecule has 0 unspecified atom stereocenters. The summed E-state index contributed by atoms with van der Waals surface area (Å²) in [6.07, 6.45) is 1.56. The van der Waals surface area contributed by atoms with E-state index >= 15 is 0 Å². The Morgan fingerprint density at radius 3 is 2.13 bits per heavy atom. The lowest BCUT2D eigenvalue weighted by Gasteiger charge is -2.37. The monoisotopic (exact) mass is 640 g/mol. The third-order valence-corrected chi connectivity index (χ3v) is 9.32. The number of carbonyl (C=O) groups excluding carboxylic acids is 4. The molecule has 1 aliphatic carbocycles. The molecule has 2 aliphatic rings. The Morgan fingerprint density at radius 2 is 1.53 bits per heavy atom. The van der Waals surface area contributed by atoms with Gasteiger partial charge in [-0.1, -0.05) is 69.7 Å². The molecule has 0 saturated heterocycles. The van der Waals surface area contributed by atoms with Gasteiger partial charge in [-0.3, -0.25) is 29.4 Å². The topological polar surface area (TPSA) is 133 Å². The molecule has 1 saturated carbocycles. The standard InChI is InChI=1S/C37H40N2O8/c1-23(2)28-18-13-24(3)21-33(28)46-34(40)20-19-32(47-37(43)26-14-16-27(17-15-26)39(44)45)31(22-25-9-5-4-6-10-25)38-35(41)29-11-7-8-12-30(29)36(38)42/h4-12,14-17,23-24,28,31-33H,13,18-22H2,1-3H3/t24-,28+,31+,32+,33-/m1/s1. The molecule has 47 heavy (non-hydrogen) atoms. The third kappa shape index (κ3) is 7.76. The van der Waals surface area contributed by atoms with Crippen molar-refractivity contribution in [2.24, 2.45) is 17.8 Å². The number of nitro benzene ring substituents is 1. The van der Waals surface area contributed by atoms with Crippen molar-refractivity contribution in [2.75, 3.05) is 0 Å². The molecular weight excluding hydrogens is 600 g/mol. The molecule has 3 aromatic carbocycles. The number of ether oxygens (including phenoxy) is 2. The van der Waals surface area contributed by atoms with Crippen molar-refractivity contribution in [3.63, 3.8) is 0 Å². The minimum Gasteiger partial charge on any atom is -0.462 e. The molecule has 10 heteroatoms. The maximum atomic E-state index is 13.7. The van der Waals surface area contributed by atoms with Crippen LogP contribution in [0, 0.1) is 27.9 Å². The zero-order chi connectivity index (χ0) is 33.7. The number of fused-ring (bicyclic) bond motifs is 1. The summed E-state index contributed by atoms with van der Waals surface area (Å²) in [5.41, 5.74) is 1.16. The molecule has 5 rings (SSSR count). The van der Waals surface area contributed by atoms with Gasteiger partial charge in [-0.15, -0.1) is 0 Å². The van der Waals surface area contributed by atoms with Crippen molar-refractivity contribution in [2.45, 2.75) is 77.5 Å². The van der Waals surface area contributed by atoms with Crippen molar-refractivity contribution in [1.29, 1.82) is 0 Å². The Hall–Kier alpha value is -4.86. The summed E-state index contributed by atoms with van der Waals surface area (Å²) in [5, 5.41) is 11.2. The van der Waals surface area contributed by atoms with Crippen LogP contribution in [0.4, 0.5) is 5.69 Å². The van der Waals surface area contributed by atoms with Crippen LogP contribution in [0.25, 0.3) is 0 Å². The van der Waals surface area contributed by atoms with Gasteiger partial charge in [0.2, 0.25) is 0 Å². The second-order valence-corrected chi connectivity index (χ2v) is 12.9. The highest BCUT2D eigenvalue weighted by Crippen LogP contribution is 2.36. The molecule has 0 aromatic heterocycles. The van der Waals surface area contributed by atoms with Gasteiger partial charge < -0.3 is 9.47 Å². The van der Waals surface area contributed by atoms with Gasteiger partial charge in [-0.05, 0) is 73.3 Å². The summed E-state index contributed by atoms with van der Waals surface area (Å²) in [6, 6.07) is 19.8. The number of non-ortho nitro benzene ring substituents is 1. The van der Waals surface area contributed by atoms with E-state index in [0.717, 1.165) is 29.7 Å². The van der Waals surface area contributed by atoms with Gasteiger partial charge >= 0.3 is 11.9 Å². The van der Waals surface area contributed by atoms with E-state index in [2.05, 4.69) is 20.8 Å². The van der Waals surface area contributed by atoms with Crippen molar-refractivity contribution < 1.29 is 33.6 Å². The van der Waals surface area contributed by atoms with Crippen LogP contribution < -0.4 is 0 Å². The van der Waals surface area contributed by atoms with Crippen LogP contribution >= 0.6 is 0 Å². The van der Waals surface area contributed by atoms with E-state index in [-0.39, 0.29) is 53.7 Å². The van der Waals surface area contributed by atoms with Crippen molar-refractivity contribution >= 4 is 29.4 Å². The van der Waals surface area contributed by atoms with Gasteiger partial charge in [0.1, 0.15) is 12.2 Å². The second-order valence-electron chi connectivity index (χ2n) is 12.9. The predicted octanol–water partition coefficient (Wildman–Crippen LogP) is 6.81. The maximum absolute atomic E-state index is 13.7. The molecule has 2 amide bonds. The number of imide groups is 1. The summed E-state index contributed by atoms with van der Waals surface area (Å²) in [6.45, 7) is 6.41. The zero-order valence-corrected chi connectivity index (χ0v) is 26.9. The first-order chi connectivity index (χ1) is 22.5. The van der Waals surface area contributed by atoms with Crippen LogP contribution in [-0.4, -0.2) is 51.8 Å². The first-order valence-corrected chi connectivity index (χ1v) is 16.2. The van der Waals surface area contributed by atoms with Crippen molar-refractivity contribution in [3.8, 4) is 0 Å². The first-order valence-electron chi connectivity index (χ1n) is 16.2. The molecule has 0 spiro atoms. The van der Waals surface area contributed by atoms with Crippen LogP contribution in [0.5, 0.6) is 0 Å². The average molecular weight is 641 g/mol. The fourth-order valence-electron chi connectivity index (χ4n) is 6.75. The Morgan fingerprint density at radius 1 is 0.915 bits per heavy atom. The fourth-order valence-corrected chi connectivity index (χ4v) is 6.75. The number of esters is 2. The molecule has 1 fully saturated rings. The Labute approximate surface area is 274 Å². The summed E-state index contributed by atoms with van der Waals surface area (Å²) in [7, 11) is 0. The minimum absolute atomic E-state index is 0.0168. The van der Waals surface area contributed by atoms with Crippen LogP contribution in [0.2, 0.25) is 0 Å². The normalized spacial score (nSPS) is 20.4. The number of carbonyl (C=O) groups is 4. The van der Waals surface area contributed by atoms with Crippen molar-refractivity contribution in [3.05, 3.63) is 111 Å². The summed E-state index contributed by atoms with van der Waals surface area (Å²) >= 11 is 0. The van der Waals surface area contributed by atoms with E-state index in [1.54, 1.807) is 24.3 Å². The van der Waals surface area contributed by atoms with Gasteiger partial charge in [0.15, 0.2) is 0 Å². The van der Waals surface area contributed by atoms with Crippen LogP contribution in [0.1, 0.15) is 89.5 Å². The largest absolute Gasteiger partial charge is 0.462 e. The number of nitrogens with zero attached hydrogens (tertiary/aromatic N) is 2. The van der Waals surface area contributed by atoms with Crippen LogP contribution in [0.15, 0.2) is 78.9 Å². The Bertz CT molecular complexity index is 1590. The number of benzene rings is 3. The molecule has 0 radical (unpaired) electrons. The highest BCUT2D eigenvalue weighted by molar-refractivity contribution is 6.21. The lowest BCUT2D eigenvalue weighted by Crippen LogP contribution is -2.50. The zero-order valence-electron chi connectivity index (χ0n) is 26.9. The smallest absolute Gasteiger partial charge is 0.338 e. The highest BCUT2D eigenvalue weighted by atomic mass is 16.6. The van der Waals surface area contributed by atoms with Gasteiger partial charge in [0.05, 0.1) is 27.7 Å². The molecule has 1 aliphatic heterocycles. The molecule has 10 nitrogen and oxygen atoms in total. The molecule has 5 atom stereocenters. The average Bonchev–Trinajstić information content (AvgIpc) is 3.31. The van der Waals surface area contributed by atoms with Crippen LogP contribution in [0.3, 0.4) is 0 Å². The molecule has 3 aromatic rings. The fraction of sp³-hybridized carbons (Fsp3) is 0.405. The number of nitro groups is 1. The highest BCUT2D eigenvalue weighted by Gasteiger charge is 2.44. The first kappa shape index (κ1) is 33.5. The van der Waals surface area contributed by atoms with Crippen LogP contribution in [-0.2, 0) is 20.7 Å². The summed E-state index contributed by atoms with van der Waals surface area (Å²) in [5.74, 6) is -1.24. The number of amides is 2. The van der Waals surface area contributed by atoms with Gasteiger partial charge in [-0.2, -0.15) is 0 Å². The van der Waals surface area contributed by atoms with E-state index in [1.165, 1.54) is 24.3 Å². The van der Waals surface area contributed by atoms with E-state index in [4.69, 9.17) is 9.47 Å². The lowest BCUT2D eigenvalue weighted by molar-refractivity contribution is -0.384. The molecule has 0 N–H and O–H groups in total.